The molecule has 0 amide bonds. The van der Waals surface area contributed by atoms with Crippen molar-refractivity contribution < 1.29 is 9.52 Å². The summed E-state index contributed by atoms with van der Waals surface area (Å²) < 4.78 is 5.50. The maximum atomic E-state index is 9.78. The van der Waals surface area contributed by atoms with E-state index in [-0.39, 0.29) is 12.1 Å². The van der Waals surface area contributed by atoms with Crippen LogP contribution in [0.5, 0.6) is 0 Å². The van der Waals surface area contributed by atoms with Crippen LogP contribution in [-0.4, -0.2) is 22.2 Å². The Bertz CT molecular complexity index is 325. The smallest absolute Gasteiger partial charge is 0.208 e. The molecule has 4 nitrogen and oxygen atoms in total. The third kappa shape index (κ3) is 2.83. The molecular weight excluding hydrogens is 204 g/mol. The average Bonchev–Trinajstić information content (AvgIpc) is 2.76. The third-order valence-electron chi connectivity index (χ3n) is 3.19. The number of aliphatic hydroxyl groups excluding tert-OH is 1. The Morgan fingerprint density at radius 1 is 1.50 bits per heavy atom. The molecule has 1 aliphatic carbocycles. The van der Waals surface area contributed by atoms with Crippen molar-refractivity contribution in [1.82, 2.24) is 10.3 Å². The molecule has 1 aromatic heterocycles. The third-order valence-corrected chi connectivity index (χ3v) is 3.19. The molecule has 16 heavy (non-hydrogen) atoms. The number of aryl methyl sites for hydroxylation is 1. The highest BCUT2D eigenvalue weighted by atomic mass is 16.4. The van der Waals surface area contributed by atoms with Gasteiger partial charge in [-0.25, -0.2) is 4.98 Å². The summed E-state index contributed by atoms with van der Waals surface area (Å²) in [5, 5.41) is 13.1. The van der Waals surface area contributed by atoms with E-state index in [2.05, 4.69) is 10.3 Å². The predicted octanol–water partition coefficient (Wildman–Crippen LogP) is 1.63. The van der Waals surface area contributed by atoms with Crippen LogP contribution < -0.4 is 5.32 Å². The fraction of sp³-hybridized carbons (Fsp3) is 0.750. The number of aromatic nitrogens is 1. The molecule has 1 saturated carbocycles. The lowest BCUT2D eigenvalue weighted by molar-refractivity contribution is 0.0890. The molecule has 90 valence electrons. The molecule has 0 aromatic carbocycles. The van der Waals surface area contributed by atoms with Crippen LogP contribution in [0.3, 0.4) is 0 Å². The Morgan fingerprint density at radius 2 is 2.31 bits per heavy atom. The van der Waals surface area contributed by atoms with Gasteiger partial charge < -0.3 is 14.8 Å². The van der Waals surface area contributed by atoms with Gasteiger partial charge in [-0.15, -0.1) is 0 Å². The highest BCUT2D eigenvalue weighted by molar-refractivity contribution is 4.94. The molecule has 4 heteroatoms. The summed E-state index contributed by atoms with van der Waals surface area (Å²) in [4.78, 5) is 4.19. The van der Waals surface area contributed by atoms with E-state index in [0.29, 0.717) is 6.54 Å². The van der Waals surface area contributed by atoms with Gasteiger partial charge in [0, 0.05) is 12.5 Å². The van der Waals surface area contributed by atoms with E-state index in [0.717, 1.165) is 37.3 Å². The van der Waals surface area contributed by atoms with Crippen molar-refractivity contribution in [2.24, 2.45) is 0 Å². The second-order valence-electron chi connectivity index (χ2n) is 4.41. The lowest BCUT2D eigenvalue weighted by Gasteiger charge is -2.27. The number of hydrogen-bond acceptors (Lipinski definition) is 4. The molecule has 0 bridgehead atoms. The number of aliphatic hydroxyl groups is 1. The molecule has 1 heterocycles. The first-order valence-corrected chi connectivity index (χ1v) is 6.14. The lowest BCUT2D eigenvalue weighted by Crippen LogP contribution is -2.41. The van der Waals surface area contributed by atoms with Crippen molar-refractivity contribution in [3.05, 3.63) is 17.8 Å². The van der Waals surface area contributed by atoms with Crippen molar-refractivity contribution in [2.45, 2.75) is 57.7 Å². The molecule has 0 spiro atoms. The van der Waals surface area contributed by atoms with Crippen molar-refractivity contribution in [1.29, 1.82) is 0 Å². The second-order valence-corrected chi connectivity index (χ2v) is 4.41. The zero-order chi connectivity index (χ0) is 11.4. The molecule has 2 N–H and O–H groups in total. The number of oxazole rings is 1. The first kappa shape index (κ1) is 11.6. The van der Waals surface area contributed by atoms with Crippen molar-refractivity contribution in [3.63, 3.8) is 0 Å². The first-order chi connectivity index (χ1) is 7.79. The predicted molar refractivity (Wildman–Crippen MR) is 61.0 cm³/mol. The normalized spacial score (nSPS) is 25.9. The minimum atomic E-state index is -0.214. The van der Waals surface area contributed by atoms with Crippen LogP contribution in [0.2, 0.25) is 0 Å². The van der Waals surface area contributed by atoms with E-state index in [1.54, 1.807) is 6.20 Å². The highest BCUT2D eigenvalue weighted by Gasteiger charge is 2.22. The summed E-state index contributed by atoms with van der Waals surface area (Å²) >= 11 is 0. The van der Waals surface area contributed by atoms with Gasteiger partial charge in [0.2, 0.25) is 5.89 Å². The SMILES string of the molecule is CCc1cnc(CN[C@@H]2CCCC[C@H]2O)o1. The standard InChI is InChI=1S/C12H20N2O2/c1-2-9-7-14-12(16-9)8-13-10-5-3-4-6-11(10)15/h7,10-11,13,15H,2-6,8H2,1H3/t10-,11-/m1/s1. The van der Waals surface area contributed by atoms with Gasteiger partial charge in [0.1, 0.15) is 5.76 Å². The summed E-state index contributed by atoms with van der Waals surface area (Å²) in [6.45, 7) is 2.66. The Balaban J connectivity index is 1.81. The van der Waals surface area contributed by atoms with Crippen molar-refractivity contribution in [2.75, 3.05) is 0 Å². The lowest BCUT2D eigenvalue weighted by atomic mass is 9.93. The fourth-order valence-electron chi connectivity index (χ4n) is 2.16. The second kappa shape index (κ2) is 5.46. The van der Waals surface area contributed by atoms with Crippen LogP contribution in [-0.2, 0) is 13.0 Å². The van der Waals surface area contributed by atoms with E-state index in [1.807, 2.05) is 6.92 Å². The van der Waals surface area contributed by atoms with Crippen molar-refractivity contribution >= 4 is 0 Å². The Kier molecular flexibility index (Phi) is 3.96. The summed E-state index contributed by atoms with van der Waals surface area (Å²) in [5.41, 5.74) is 0. The molecule has 2 atom stereocenters. The van der Waals surface area contributed by atoms with Gasteiger partial charge in [0.15, 0.2) is 0 Å². The molecule has 1 fully saturated rings. The van der Waals surface area contributed by atoms with E-state index in [4.69, 9.17) is 4.42 Å². The van der Waals surface area contributed by atoms with Gasteiger partial charge >= 0.3 is 0 Å². The van der Waals surface area contributed by atoms with Crippen LogP contribution in [0.1, 0.15) is 44.3 Å². The monoisotopic (exact) mass is 224 g/mol. The molecule has 1 aliphatic rings. The molecular formula is C12H20N2O2. The Hall–Kier alpha value is -0.870. The topological polar surface area (TPSA) is 58.3 Å². The van der Waals surface area contributed by atoms with Crippen molar-refractivity contribution in [3.8, 4) is 0 Å². The minimum absolute atomic E-state index is 0.200. The van der Waals surface area contributed by atoms with Gasteiger partial charge in [-0.3, -0.25) is 0 Å². The Morgan fingerprint density at radius 3 is 3.00 bits per heavy atom. The first-order valence-electron chi connectivity index (χ1n) is 6.14. The van der Waals surface area contributed by atoms with Crippen LogP contribution in [0.25, 0.3) is 0 Å². The number of nitrogens with one attached hydrogen (secondary N) is 1. The maximum Gasteiger partial charge on any atom is 0.208 e. The summed E-state index contributed by atoms with van der Waals surface area (Å²) in [7, 11) is 0. The highest BCUT2D eigenvalue weighted by Crippen LogP contribution is 2.18. The largest absolute Gasteiger partial charge is 0.444 e. The molecule has 0 saturated heterocycles. The van der Waals surface area contributed by atoms with E-state index < -0.39 is 0 Å². The molecule has 0 aliphatic heterocycles. The summed E-state index contributed by atoms with van der Waals surface area (Å²) in [6, 6.07) is 0.200. The van der Waals surface area contributed by atoms with Crippen LogP contribution in [0.4, 0.5) is 0 Å². The van der Waals surface area contributed by atoms with Crippen LogP contribution in [0.15, 0.2) is 10.6 Å². The number of rotatable bonds is 4. The molecule has 1 aromatic rings. The van der Waals surface area contributed by atoms with Gasteiger partial charge in [0.05, 0.1) is 18.8 Å². The molecule has 0 unspecified atom stereocenters. The quantitative estimate of drug-likeness (QED) is 0.816. The molecule has 2 rings (SSSR count). The fourth-order valence-corrected chi connectivity index (χ4v) is 2.16. The van der Waals surface area contributed by atoms with Crippen LogP contribution in [0, 0.1) is 0 Å². The Labute approximate surface area is 96.1 Å². The minimum Gasteiger partial charge on any atom is -0.444 e. The average molecular weight is 224 g/mol. The molecule has 0 radical (unpaired) electrons. The van der Waals surface area contributed by atoms with Gasteiger partial charge in [-0.1, -0.05) is 19.8 Å². The van der Waals surface area contributed by atoms with E-state index in [1.165, 1.54) is 6.42 Å². The number of hydrogen-bond donors (Lipinski definition) is 2. The van der Waals surface area contributed by atoms with Gasteiger partial charge in [-0.2, -0.15) is 0 Å². The van der Waals surface area contributed by atoms with E-state index in [9.17, 15) is 5.11 Å². The zero-order valence-corrected chi connectivity index (χ0v) is 9.78. The van der Waals surface area contributed by atoms with Gasteiger partial charge in [-0.05, 0) is 12.8 Å². The van der Waals surface area contributed by atoms with Gasteiger partial charge in [0.25, 0.3) is 0 Å². The summed E-state index contributed by atoms with van der Waals surface area (Å²) in [5.74, 6) is 1.63. The number of nitrogens with zero attached hydrogens (tertiary/aromatic N) is 1. The summed E-state index contributed by atoms with van der Waals surface area (Å²) in [6.07, 6.45) is 6.72. The van der Waals surface area contributed by atoms with E-state index >= 15 is 0 Å². The van der Waals surface area contributed by atoms with Crippen LogP contribution >= 0.6 is 0 Å². The zero-order valence-electron chi connectivity index (χ0n) is 9.78. The maximum absolute atomic E-state index is 9.78.